The molecule has 0 aliphatic carbocycles. The van der Waals surface area contributed by atoms with Crippen molar-refractivity contribution >= 4 is 23.5 Å². The zero-order chi connectivity index (χ0) is 14.8. The minimum Gasteiger partial charge on any atom is -0.303 e. The maximum absolute atomic E-state index is 12.1. The fourth-order valence-corrected chi connectivity index (χ4v) is 2.84. The molecule has 110 valence electrons. The van der Waals surface area contributed by atoms with E-state index in [4.69, 9.17) is 11.6 Å². The standard InChI is InChI=1S/C15H16ClN3O2/c16-12-1-2-14-17-13(7-15(21)19(14)8-12)9-18-5-3-11(10-20)4-6-18/h1-2,7-8,10-11H,3-6,9H2. The van der Waals surface area contributed by atoms with Gasteiger partial charge in [-0.25, -0.2) is 4.98 Å². The van der Waals surface area contributed by atoms with Crippen LogP contribution in [-0.2, 0) is 11.3 Å². The van der Waals surface area contributed by atoms with Gasteiger partial charge in [-0.2, -0.15) is 0 Å². The molecule has 0 bridgehead atoms. The zero-order valence-corrected chi connectivity index (χ0v) is 12.3. The molecule has 1 aliphatic heterocycles. The number of hydrogen-bond acceptors (Lipinski definition) is 4. The zero-order valence-electron chi connectivity index (χ0n) is 11.5. The van der Waals surface area contributed by atoms with Crippen LogP contribution in [-0.4, -0.2) is 33.7 Å². The predicted molar refractivity (Wildman–Crippen MR) is 80.5 cm³/mol. The molecular formula is C15H16ClN3O2. The molecule has 5 nitrogen and oxygen atoms in total. The van der Waals surface area contributed by atoms with Gasteiger partial charge in [0.25, 0.3) is 5.56 Å². The third-order valence-electron chi connectivity index (χ3n) is 3.89. The Kier molecular flexibility index (Phi) is 4.03. The summed E-state index contributed by atoms with van der Waals surface area (Å²) in [7, 11) is 0. The molecule has 0 amide bonds. The van der Waals surface area contributed by atoms with Gasteiger partial charge in [0.2, 0.25) is 0 Å². The van der Waals surface area contributed by atoms with Gasteiger partial charge in [-0.3, -0.25) is 14.1 Å². The number of aldehydes is 1. The van der Waals surface area contributed by atoms with Gasteiger partial charge >= 0.3 is 0 Å². The average Bonchev–Trinajstić information content (AvgIpc) is 2.49. The van der Waals surface area contributed by atoms with Crippen molar-refractivity contribution in [3.63, 3.8) is 0 Å². The van der Waals surface area contributed by atoms with Crippen molar-refractivity contribution in [2.45, 2.75) is 19.4 Å². The third-order valence-corrected chi connectivity index (χ3v) is 4.11. The van der Waals surface area contributed by atoms with Crippen molar-refractivity contribution in [3.05, 3.63) is 45.5 Å². The molecule has 2 aromatic heterocycles. The Morgan fingerprint density at radius 2 is 2.10 bits per heavy atom. The second-order valence-corrected chi connectivity index (χ2v) is 5.85. The Morgan fingerprint density at radius 3 is 2.81 bits per heavy atom. The average molecular weight is 306 g/mol. The van der Waals surface area contributed by atoms with Gasteiger partial charge in [0.1, 0.15) is 11.9 Å². The number of aromatic nitrogens is 2. The number of rotatable bonds is 3. The number of carbonyl (C=O) groups excluding carboxylic acids is 1. The Bertz CT molecular complexity index is 720. The van der Waals surface area contributed by atoms with Crippen LogP contribution in [0.2, 0.25) is 5.02 Å². The lowest BCUT2D eigenvalue weighted by atomic mass is 9.98. The number of pyridine rings is 1. The quantitative estimate of drug-likeness (QED) is 0.811. The smallest absolute Gasteiger partial charge is 0.258 e. The number of carbonyl (C=O) groups is 1. The van der Waals surface area contributed by atoms with Crippen molar-refractivity contribution < 1.29 is 4.79 Å². The van der Waals surface area contributed by atoms with Crippen molar-refractivity contribution in [2.24, 2.45) is 5.92 Å². The Hall–Kier alpha value is -1.72. The number of likely N-dealkylation sites (tertiary alicyclic amines) is 1. The molecule has 0 unspecified atom stereocenters. The molecule has 1 fully saturated rings. The molecule has 3 rings (SSSR count). The third kappa shape index (κ3) is 3.14. The molecule has 1 saturated heterocycles. The van der Waals surface area contributed by atoms with Crippen molar-refractivity contribution in [1.82, 2.24) is 14.3 Å². The van der Waals surface area contributed by atoms with E-state index in [-0.39, 0.29) is 11.5 Å². The van der Waals surface area contributed by atoms with E-state index in [1.807, 2.05) is 0 Å². The summed E-state index contributed by atoms with van der Waals surface area (Å²) in [5, 5.41) is 0.509. The summed E-state index contributed by atoms with van der Waals surface area (Å²) in [6.45, 7) is 2.37. The molecule has 21 heavy (non-hydrogen) atoms. The summed E-state index contributed by atoms with van der Waals surface area (Å²) in [6, 6.07) is 5.02. The summed E-state index contributed by atoms with van der Waals surface area (Å²) >= 11 is 5.89. The van der Waals surface area contributed by atoms with Gasteiger partial charge < -0.3 is 4.79 Å². The highest BCUT2D eigenvalue weighted by atomic mass is 35.5. The lowest BCUT2D eigenvalue weighted by Crippen LogP contribution is -2.34. The number of halogens is 1. The number of nitrogens with zero attached hydrogens (tertiary/aromatic N) is 3. The first kappa shape index (κ1) is 14.2. The fourth-order valence-electron chi connectivity index (χ4n) is 2.68. The SMILES string of the molecule is O=CC1CCN(Cc2cc(=O)n3cc(Cl)ccc3n2)CC1. The minimum absolute atomic E-state index is 0.125. The van der Waals surface area contributed by atoms with Crippen molar-refractivity contribution in [3.8, 4) is 0 Å². The fraction of sp³-hybridized carbons (Fsp3) is 0.400. The predicted octanol–water partition coefficient (Wildman–Crippen LogP) is 1.76. The molecule has 3 heterocycles. The van der Waals surface area contributed by atoms with E-state index in [9.17, 15) is 9.59 Å². The monoisotopic (exact) mass is 305 g/mol. The molecule has 0 N–H and O–H groups in total. The van der Waals surface area contributed by atoms with E-state index in [1.165, 1.54) is 4.40 Å². The van der Waals surface area contributed by atoms with Gasteiger partial charge in [0.15, 0.2) is 0 Å². The summed E-state index contributed by atoms with van der Waals surface area (Å²) in [6.07, 6.45) is 4.38. The molecule has 6 heteroatoms. The van der Waals surface area contributed by atoms with E-state index in [2.05, 4.69) is 9.88 Å². The first-order chi connectivity index (χ1) is 10.2. The van der Waals surface area contributed by atoms with Crippen LogP contribution in [0.15, 0.2) is 29.2 Å². The molecule has 0 spiro atoms. The van der Waals surface area contributed by atoms with Gasteiger partial charge in [0, 0.05) is 24.7 Å². The van der Waals surface area contributed by atoms with E-state index >= 15 is 0 Å². The number of fused-ring (bicyclic) bond motifs is 1. The normalized spacial score (nSPS) is 17.2. The van der Waals surface area contributed by atoms with Crippen LogP contribution < -0.4 is 5.56 Å². The van der Waals surface area contributed by atoms with E-state index in [0.29, 0.717) is 17.2 Å². The highest BCUT2D eigenvalue weighted by Gasteiger charge is 2.19. The van der Waals surface area contributed by atoms with Crippen LogP contribution >= 0.6 is 11.6 Å². The van der Waals surface area contributed by atoms with Crippen LogP contribution in [0, 0.1) is 5.92 Å². The molecule has 1 aliphatic rings. The molecule has 0 atom stereocenters. The van der Waals surface area contributed by atoms with Crippen molar-refractivity contribution in [2.75, 3.05) is 13.1 Å². The maximum Gasteiger partial charge on any atom is 0.258 e. The lowest BCUT2D eigenvalue weighted by molar-refractivity contribution is -0.112. The van der Waals surface area contributed by atoms with Crippen LogP contribution in [0.3, 0.4) is 0 Å². The number of hydrogen-bond donors (Lipinski definition) is 0. The minimum atomic E-state index is -0.125. The highest BCUT2D eigenvalue weighted by Crippen LogP contribution is 2.16. The maximum atomic E-state index is 12.1. The summed E-state index contributed by atoms with van der Waals surface area (Å²) < 4.78 is 1.45. The summed E-state index contributed by atoms with van der Waals surface area (Å²) in [5.74, 6) is 0.179. The van der Waals surface area contributed by atoms with Gasteiger partial charge in [0.05, 0.1) is 10.7 Å². The van der Waals surface area contributed by atoms with Gasteiger partial charge in [-0.1, -0.05) is 11.6 Å². The van der Waals surface area contributed by atoms with Crippen LogP contribution in [0.5, 0.6) is 0 Å². The second kappa shape index (κ2) is 5.95. The Morgan fingerprint density at radius 1 is 1.33 bits per heavy atom. The van der Waals surface area contributed by atoms with E-state index < -0.39 is 0 Å². The van der Waals surface area contributed by atoms with Crippen LogP contribution in [0.1, 0.15) is 18.5 Å². The largest absolute Gasteiger partial charge is 0.303 e. The Labute approximate surface area is 127 Å². The first-order valence-electron chi connectivity index (χ1n) is 7.01. The molecule has 0 saturated carbocycles. The van der Waals surface area contributed by atoms with Crippen LogP contribution in [0.4, 0.5) is 0 Å². The highest BCUT2D eigenvalue weighted by molar-refractivity contribution is 6.30. The van der Waals surface area contributed by atoms with Gasteiger partial charge in [-0.15, -0.1) is 0 Å². The molecular weight excluding hydrogens is 290 g/mol. The van der Waals surface area contributed by atoms with E-state index in [0.717, 1.165) is 37.9 Å². The number of piperidine rings is 1. The molecule has 0 radical (unpaired) electrons. The molecule has 2 aromatic rings. The van der Waals surface area contributed by atoms with E-state index in [1.54, 1.807) is 24.4 Å². The van der Waals surface area contributed by atoms with Gasteiger partial charge in [-0.05, 0) is 38.1 Å². The summed E-state index contributed by atoms with van der Waals surface area (Å²) in [4.78, 5) is 29.6. The molecule has 0 aromatic carbocycles. The first-order valence-corrected chi connectivity index (χ1v) is 7.39. The lowest BCUT2D eigenvalue weighted by Gasteiger charge is -2.29. The Balaban J connectivity index is 1.80. The summed E-state index contributed by atoms with van der Waals surface area (Å²) in [5.41, 5.74) is 1.23. The van der Waals surface area contributed by atoms with Crippen LogP contribution in [0.25, 0.3) is 5.65 Å². The topological polar surface area (TPSA) is 54.7 Å². The van der Waals surface area contributed by atoms with Crippen molar-refractivity contribution in [1.29, 1.82) is 0 Å². The second-order valence-electron chi connectivity index (χ2n) is 5.41.